The highest BCUT2D eigenvalue weighted by Crippen LogP contribution is 2.32. The molecular formula is C13H17Cl2NO. The van der Waals surface area contributed by atoms with Gasteiger partial charge in [-0.3, -0.25) is 0 Å². The molecule has 0 spiro atoms. The molecule has 0 radical (unpaired) electrons. The molecule has 1 aromatic carbocycles. The van der Waals surface area contributed by atoms with Crippen LogP contribution in [0.2, 0.25) is 10.0 Å². The SMILES string of the molecule is Clc1cccc(Cl)c1OCCCC1CCCN1. The molecule has 1 unspecified atom stereocenters. The van der Waals surface area contributed by atoms with E-state index in [2.05, 4.69) is 5.32 Å². The van der Waals surface area contributed by atoms with Crippen LogP contribution in [0.4, 0.5) is 0 Å². The molecule has 17 heavy (non-hydrogen) atoms. The molecular weight excluding hydrogens is 257 g/mol. The Morgan fingerprint density at radius 3 is 2.71 bits per heavy atom. The molecule has 0 aliphatic carbocycles. The van der Waals surface area contributed by atoms with Gasteiger partial charge in [0.25, 0.3) is 0 Å². The minimum atomic E-state index is 0.580. The monoisotopic (exact) mass is 273 g/mol. The number of halogens is 2. The molecule has 1 heterocycles. The topological polar surface area (TPSA) is 21.3 Å². The Labute approximate surface area is 112 Å². The van der Waals surface area contributed by atoms with E-state index in [9.17, 15) is 0 Å². The molecule has 0 aromatic heterocycles. The fraction of sp³-hybridized carbons (Fsp3) is 0.538. The molecule has 1 atom stereocenters. The molecule has 1 N–H and O–H groups in total. The largest absolute Gasteiger partial charge is 0.490 e. The van der Waals surface area contributed by atoms with Gasteiger partial charge in [-0.05, 0) is 44.4 Å². The summed E-state index contributed by atoms with van der Waals surface area (Å²) >= 11 is 12.0. The van der Waals surface area contributed by atoms with E-state index >= 15 is 0 Å². The molecule has 1 aliphatic rings. The summed E-state index contributed by atoms with van der Waals surface area (Å²) in [5.41, 5.74) is 0. The summed E-state index contributed by atoms with van der Waals surface area (Å²) in [5.74, 6) is 0.607. The molecule has 2 rings (SSSR count). The third kappa shape index (κ3) is 3.77. The van der Waals surface area contributed by atoms with Gasteiger partial charge in [-0.15, -0.1) is 0 Å². The van der Waals surface area contributed by atoms with Crippen molar-refractivity contribution in [3.63, 3.8) is 0 Å². The molecule has 1 saturated heterocycles. The minimum Gasteiger partial charge on any atom is -0.490 e. The smallest absolute Gasteiger partial charge is 0.156 e. The maximum Gasteiger partial charge on any atom is 0.156 e. The van der Waals surface area contributed by atoms with Gasteiger partial charge in [-0.2, -0.15) is 0 Å². The summed E-state index contributed by atoms with van der Waals surface area (Å²) < 4.78 is 5.64. The van der Waals surface area contributed by atoms with Gasteiger partial charge in [0.05, 0.1) is 16.7 Å². The third-order valence-corrected chi connectivity index (χ3v) is 3.62. The standard InChI is InChI=1S/C13H17Cl2NO/c14-11-6-1-7-12(15)13(11)17-9-3-5-10-4-2-8-16-10/h1,6-7,10,16H,2-5,8-9H2. The molecule has 0 amide bonds. The van der Waals surface area contributed by atoms with Gasteiger partial charge in [0, 0.05) is 6.04 Å². The number of nitrogens with one attached hydrogen (secondary N) is 1. The van der Waals surface area contributed by atoms with Crippen LogP contribution in [0.15, 0.2) is 18.2 Å². The van der Waals surface area contributed by atoms with E-state index in [0.29, 0.717) is 28.4 Å². The molecule has 1 aromatic rings. The number of hydrogen-bond donors (Lipinski definition) is 1. The van der Waals surface area contributed by atoms with Gasteiger partial charge >= 0.3 is 0 Å². The lowest BCUT2D eigenvalue weighted by Gasteiger charge is -2.12. The molecule has 2 nitrogen and oxygen atoms in total. The van der Waals surface area contributed by atoms with Crippen molar-refractivity contribution in [3.05, 3.63) is 28.2 Å². The normalized spacial score (nSPS) is 19.5. The predicted octanol–water partition coefficient (Wildman–Crippen LogP) is 3.90. The zero-order valence-corrected chi connectivity index (χ0v) is 11.2. The summed E-state index contributed by atoms with van der Waals surface area (Å²) in [5, 5.41) is 4.63. The summed E-state index contributed by atoms with van der Waals surface area (Å²) in [6.07, 6.45) is 4.76. The van der Waals surface area contributed by atoms with Crippen LogP contribution >= 0.6 is 23.2 Å². The molecule has 4 heteroatoms. The Morgan fingerprint density at radius 2 is 2.06 bits per heavy atom. The summed E-state index contributed by atoms with van der Waals surface area (Å²) in [6.45, 7) is 1.82. The van der Waals surface area contributed by atoms with Crippen molar-refractivity contribution >= 4 is 23.2 Å². The van der Waals surface area contributed by atoms with Crippen LogP contribution in [0, 0.1) is 0 Å². The second kappa shape index (κ2) is 6.48. The molecule has 1 aliphatic heterocycles. The quantitative estimate of drug-likeness (QED) is 0.822. The number of hydrogen-bond acceptors (Lipinski definition) is 2. The van der Waals surface area contributed by atoms with Crippen LogP contribution in [0.1, 0.15) is 25.7 Å². The highest BCUT2D eigenvalue weighted by molar-refractivity contribution is 6.37. The van der Waals surface area contributed by atoms with Crippen molar-refractivity contribution in [3.8, 4) is 5.75 Å². The summed E-state index contributed by atoms with van der Waals surface area (Å²) in [4.78, 5) is 0. The lowest BCUT2D eigenvalue weighted by atomic mass is 10.1. The van der Waals surface area contributed by atoms with E-state index in [4.69, 9.17) is 27.9 Å². The maximum atomic E-state index is 6.01. The predicted molar refractivity (Wildman–Crippen MR) is 72.2 cm³/mol. The zero-order chi connectivity index (χ0) is 12.1. The van der Waals surface area contributed by atoms with E-state index < -0.39 is 0 Å². The Kier molecular flexibility index (Phi) is 4.96. The van der Waals surface area contributed by atoms with Gasteiger partial charge in [0.2, 0.25) is 0 Å². The first-order valence-corrected chi connectivity index (χ1v) is 6.83. The maximum absolute atomic E-state index is 6.01. The summed E-state index contributed by atoms with van der Waals surface area (Å²) in [7, 11) is 0. The Morgan fingerprint density at radius 1 is 1.29 bits per heavy atom. The fourth-order valence-electron chi connectivity index (χ4n) is 2.13. The fourth-order valence-corrected chi connectivity index (χ4v) is 2.63. The van der Waals surface area contributed by atoms with Crippen molar-refractivity contribution < 1.29 is 4.74 Å². The molecule has 0 saturated carbocycles. The Bertz CT molecular complexity index is 344. The van der Waals surface area contributed by atoms with Crippen LogP contribution in [0.3, 0.4) is 0 Å². The van der Waals surface area contributed by atoms with Crippen molar-refractivity contribution in [2.45, 2.75) is 31.7 Å². The zero-order valence-electron chi connectivity index (χ0n) is 9.72. The van der Waals surface area contributed by atoms with E-state index in [-0.39, 0.29) is 0 Å². The van der Waals surface area contributed by atoms with Crippen LogP contribution in [-0.2, 0) is 0 Å². The Hall–Kier alpha value is -0.440. The first-order valence-electron chi connectivity index (χ1n) is 6.07. The van der Waals surface area contributed by atoms with Crippen LogP contribution in [-0.4, -0.2) is 19.2 Å². The number of ether oxygens (including phenoxy) is 1. The number of para-hydroxylation sites is 1. The van der Waals surface area contributed by atoms with Gasteiger partial charge in [0.15, 0.2) is 5.75 Å². The van der Waals surface area contributed by atoms with Crippen LogP contribution in [0.25, 0.3) is 0 Å². The minimum absolute atomic E-state index is 0.580. The second-order valence-electron chi connectivity index (χ2n) is 4.33. The Balaban J connectivity index is 1.74. The molecule has 0 bridgehead atoms. The van der Waals surface area contributed by atoms with Crippen molar-refractivity contribution in [2.24, 2.45) is 0 Å². The van der Waals surface area contributed by atoms with E-state index in [0.717, 1.165) is 19.4 Å². The van der Waals surface area contributed by atoms with Gasteiger partial charge in [-0.1, -0.05) is 29.3 Å². The number of benzene rings is 1. The lowest BCUT2D eigenvalue weighted by molar-refractivity contribution is 0.299. The van der Waals surface area contributed by atoms with Crippen molar-refractivity contribution in [1.82, 2.24) is 5.32 Å². The number of rotatable bonds is 5. The third-order valence-electron chi connectivity index (χ3n) is 3.02. The van der Waals surface area contributed by atoms with E-state index in [1.54, 1.807) is 12.1 Å². The van der Waals surface area contributed by atoms with Gasteiger partial charge in [0.1, 0.15) is 0 Å². The average molecular weight is 274 g/mol. The van der Waals surface area contributed by atoms with E-state index in [1.807, 2.05) is 6.07 Å². The summed E-state index contributed by atoms with van der Waals surface area (Å²) in [6, 6.07) is 6.07. The highest BCUT2D eigenvalue weighted by Gasteiger charge is 2.13. The lowest BCUT2D eigenvalue weighted by Crippen LogP contribution is -2.21. The van der Waals surface area contributed by atoms with Crippen LogP contribution < -0.4 is 10.1 Å². The first-order chi connectivity index (χ1) is 8.27. The van der Waals surface area contributed by atoms with Crippen molar-refractivity contribution in [2.75, 3.05) is 13.2 Å². The molecule has 94 valence electrons. The van der Waals surface area contributed by atoms with Gasteiger partial charge < -0.3 is 10.1 Å². The first kappa shape index (κ1) is 13.0. The van der Waals surface area contributed by atoms with Crippen molar-refractivity contribution in [1.29, 1.82) is 0 Å². The van der Waals surface area contributed by atoms with Gasteiger partial charge in [-0.25, -0.2) is 0 Å². The molecule has 1 fully saturated rings. The second-order valence-corrected chi connectivity index (χ2v) is 5.15. The van der Waals surface area contributed by atoms with E-state index in [1.165, 1.54) is 12.8 Å². The average Bonchev–Trinajstić information content (AvgIpc) is 2.80. The van der Waals surface area contributed by atoms with Crippen LogP contribution in [0.5, 0.6) is 5.75 Å². The highest BCUT2D eigenvalue weighted by atomic mass is 35.5.